The number of carboxylic acids is 1. The van der Waals surface area contributed by atoms with Crippen LogP contribution in [0.5, 0.6) is 0 Å². The lowest BCUT2D eigenvalue weighted by Gasteiger charge is -2.22. The number of anilines is 1. The summed E-state index contributed by atoms with van der Waals surface area (Å²) in [6.45, 7) is 3.15. The largest absolute Gasteiger partial charge is 0.478 e. The summed E-state index contributed by atoms with van der Waals surface area (Å²) in [5.74, 6) is -0.970. The van der Waals surface area contributed by atoms with E-state index in [1.165, 1.54) is 13.0 Å². The lowest BCUT2D eigenvalue weighted by Crippen LogP contribution is -2.37. The van der Waals surface area contributed by atoms with Crippen LogP contribution in [0.1, 0.15) is 22.8 Å². The molecule has 0 heterocycles. The van der Waals surface area contributed by atoms with Crippen molar-refractivity contribution in [2.75, 3.05) is 18.5 Å². The molecule has 0 aliphatic carbocycles. The van der Waals surface area contributed by atoms with Gasteiger partial charge in [0.25, 0.3) is 0 Å². The average Bonchev–Trinajstić information content (AvgIpc) is 2.27. The molecule has 0 aromatic heterocycles. The highest BCUT2D eigenvalue weighted by molar-refractivity contribution is 5.88. The summed E-state index contributed by atoms with van der Waals surface area (Å²) in [7, 11) is 0. The molecule has 94 valence electrons. The summed E-state index contributed by atoms with van der Waals surface area (Å²) in [4.78, 5) is 10.7. The number of nitrogens with one attached hydrogen (secondary N) is 1. The Morgan fingerprint density at radius 2 is 2.12 bits per heavy atom. The third-order valence-electron chi connectivity index (χ3n) is 2.47. The quantitative estimate of drug-likeness (QED) is 0.611. The Morgan fingerprint density at radius 3 is 2.59 bits per heavy atom. The number of carbonyl (C=O) groups is 1. The van der Waals surface area contributed by atoms with Crippen molar-refractivity contribution in [1.29, 1.82) is 0 Å². The van der Waals surface area contributed by atoms with Crippen LogP contribution in [0.25, 0.3) is 0 Å². The number of benzene rings is 1. The van der Waals surface area contributed by atoms with Gasteiger partial charge in [0.2, 0.25) is 0 Å². The van der Waals surface area contributed by atoms with Gasteiger partial charge in [0, 0.05) is 12.2 Å². The number of aryl methyl sites for hydroxylation is 1. The van der Waals surface area contributed by atoms with Crippen LogP contribution in [0.15, 0.2) is 18.2 Å². The van der Waals surface area contributed by atoms with Gasteiger partial charge in [-0.05, 0) is 37.6 Å². The minimum absolute atomic E-state index is 0.191. The van der Waals surface area contributed by atoms with Crippen molar-refractivity contribution in [3.8, 4) is 0 Å². The lowest BCUT2D eigenvalue weighted by atomic mass is 10.1. The molecular formula is C12H17NO4. The Bertz CT molecular complexity index is 415. The number of carboxylic acid groups (broad SMARTS) is 1. The second kappa shape index (κ2) is 5.16. The molecule has 0 fully saturated rings. The van der Waals surface area contributed by atoms with Gasteiger partial charge in [-0.25, -0.2) is 4.79 Å². The van der Waals surface area contributed by atoms with E-state index in [-0.39, 0.29) is 18.7 Å². The number of aliphatic hydroxyl groups is 2. The normalized spacial score (nSPS) is 14.1. The van der Waals surface area contributed by atoms with Crippen LogP contribution in [0.3, 0.4) is 0 Å². The molecule has 1 rings (SSSR count). The van der Waals surface area contributed by atoms with Gasteiger partial charge < -0.3 is 20.6 Å². The van der Waals surface area contributed by atoms with Gasteiger partial charge in [-0.3, -0.25) is 0 Å². The van der Waals surface area contributed by atoms with Crippen LogP contribution in [0, 0.1) is 6.92 Å². The highest BCUT2D eigenvalue weighted by atomic mass is 16.4. The molecule has 0 aliphatic heterocycles. The molecule has 0 aliphatic rings. The van der Waals surface area contributed by atoms with Crippen molar-refractivity contribution >= 4 is 11.7 Å². The molecule has 5 nitrogen and oxygen atoms in total. The first-order valence-corrected chi connectivity index (χ1v) is 5.27. The minimum atomic E-state index is -1.20. The molecule has 0 saturated carbocycles. The molecule has 4 N–H and O–H groups in total. The third kappa shape index (κ3) is 3.72. The minimum Gasteiger partial charge on any atom is -0.478 e. The number of aliphatic hydroxyl groups excluding tert-OH is 1. The smallest absolute Gasteiger partial charge is 0.335 e. The molecule has 17 heavy (non-hydrogen) atoms. The Kier molecular flexibility index (Phi) is 4.09. The molecule has 5 heteroatoms. The molecule has 1 aromatic carbocycles. The van der Waals surface area contributed by atoms with Crippen molar-refractivity contribution in [2.45, 2.75) is 19.4 Å². The molecular weight excluding hydrogens is 222 g/mol. The first-order chi connectivity index (χ1) is 7.85. The molecule has 0 radical (unpaired) electrons. The van der Waals surface area contributed by atoms with Crippen LogP contribution < -0.4 is 5.32 Å². The molecule has 1 atom stereocenters. The van der Waals surface area contributed by atoms with Crippen LogP contribution in [-0.2, 0) is 0 Å². The summed E-state index contributed by atoms with van der Waals surface area (Å²) in [6.07, 6.45) is 0. The fraction of sp³-hybridized carbons (Fsp3) is 0.417. The summed E-state index contributed by atoms with van der Waals surface area (Å²) in [5.41, 5.74) is 0.544. The zero-order valence-corrected chi connectivity index (χ0v) is 9.90. The molecule has 1 aromatic rings. The Morgan fingerprint density at radius 1 is 1.47 bits per heavy atom. The third-order valence-corrected chi connectivity index (χ3v) is 2.47. The van der Waals surface area contributed by atoms with Gasteiger partial charge in [0.15, 0.2) is 0 Å². The second-order valence-electron chi connectivity index (χ2n) is 4.34. The zero-order chi connectivity index (χ0) is 13.1. The van der Waals surface area contributed by atoms with Crippen molar-refractivity contribution in [3.05, 3.63) is 29.3 Å². The lowest BCUT2D eigenvalue weighted by molar-refractivity contribution is 0.0132. The van der Waals surface area contributed by atoms with Crippen molar-refractivity contribution in [1.82, 2.24) is 0 Å². The zero-order valence-electron chi connectivity index (χ0n) is 9.90. The molecule has 0 saturated heterocycles. The summed E-state index contributed by atoms with van der Waals surface area (Å²) in [6, 6.07) is 4.69. The number of aromatic carboxylic acids is 1. The standard InChI is InChI=1S/C12H17NO4/c1-8-5-9(11(15)16)3-4-10(8)13-6-12(2,17)7-14/h3-5,13-14,17H,6-7H2,1-2H3,(H,15,16). The van der Waals surface area contributed by atoms with Gasteiger partial charge in [0.05, 0.1) is 12.2 Å². The first-order valence-electron chi connectivity index (χ1n) is 5.27. The first kappa shape index (κ1) is 13.5. The van der Waals surface area contributed by atoms with Gasteiger partial charge in [-0.2, -0.15) is 0 Å². The Hall–Kier alpha value is -1.59. The van der Waals surface area contributed by atoms with E-state index in [9.17, 15) is 9.90 Å². The maximum absolute atomic E-state index is 10.7. The molecule has 0 bridgehead atoms. The van der Waals surface area contributed by atoms with Gasteiger partial charge >= 0.3 is 5.97 Å². The van der Waals surface area contributed by atoms with E-state index in [2.05, 4.69) is 5.32 Å². The summed E-state index contributed by atoms with van der Waals surface area (Å²) < 4.78 is 0. The predicted molar refractivity (Wildman–Crippen MR) is 64.3 cm³/mol. The van der Waals surface area contributed by atoms with Crippen LogP contribution in [0.2, 0.25) is 0 Å². The highest BCUT2D eigenvalue weighted by Gasteiger charge is 2.18. The topological polar surface area (TPSA) is 89.8 Å². The monoisotopic (exact) mass is 239 g/mol. The predicted octanol–water partition coefficient (Wildman–Crippen LogP) is 0.848. The van der Waals surface area contributed by atoms with E-state index >= 15 is 0 Å². The summed E-state index contributed by atoms with van der Waals surface area (Å²) >= 11 is 0. The SMILES string of the molecule is Cc1cc(C(=O)O)ccc1NCC(C)(O)CO. The van der Waals surface area contributed by atoms with Gasteiger partial charge in [-0.1, -0.05) is 0 Å². The van der Waals surface area contributed by atoms with Crippen molar-refractivity contribution in [2.24, 2.45) is 0 Å². The van der Waals surface area contributed by atoms with E-state index in [1.54, 1.807) is 19.1 Å². The second-order valence-corrected chi connectivity index (χ2v) is 4.34. The van der Waals surface area contributed by atoms with Crippen molar-refractivity contribution < 1.29 is 20.1 Å². The maximum atomic E-state index is 10.7. The molecule has 1 unspecified atom stereocenters. The number of rotatable bonds is 5. The van der Waals surface area contributed by atoms with Crippen LogP contribution in [0.4, 0.5) is 5.69 Å². The molecule has 0 amide bonds. The number of hydrogen-bond donors (Lipinski definition) is 4. The van der Waals surface area contributed by atoms with Crippen LogP contribution >= 0.6 is 0 Å². The molecule has 0 spiro atoms. The highest BCUT2D eigenvalue weighted by Crippen LogP contribution is 2.17. The fourth-order valence-electron chi connectivity index (χ4n) is 1.34. The van der Waals surface area contributed by atoms with Gasteiger partial charge in [0.1, 0.15) is 5.60 Å². The van der Waals surface area contributed by atoms with E-state index < -0.39 is 11.6 Å². The maximum Gasteiger partial charge on any atom is 0.335 e. The van der Waals surface area contributed by atoms with Crippen molar-refractivity contribution in [3.63, 3.8) is 0 Å². The Labute approximate surface area is 99.7 Å². The summed E-state index contributed by atoms with van der Waals surface area (Å²) in [5, 5.41) is 30.3. The van der Waals surface area contributed by atoms with Gasteiger partial charge in [-0.15, -0.1) is 0 Å². The number of hydrogen-bond acceptors (Lipinski definition) is 4. The van der Waals surface area contributed by atoms with E-state index in [4.69, 9.17) is 10.2 Å². The fourth-order valence-corrected chi connectivity index (χ4v) is 1.34. The van der Waals surface area contributed by atoms with E-state index in [0.29, 0.717) is 0 Å². The van der Waals surface area contributed by atoms with Crippen LogP contribution in [-0.4, -0.2) is 40.0 Å². The Balaban J connectivity index is 2.77. The van der Waals surface area contributed by atoms with E-state index in [0.717, 1.165) is 11.3 Å². The average molecular weight is 239 g/mol. The van der Waals surface area contributed by atoms with E-state index in [1.807, 2.05) is 0 Å².